The maximum absolute atomic E-state index is 2.57. The van der Waals surface area contributed by atoms with Crippen molar-refractivity contribution in [2.24, 2.45) is 5.41 Å². The fourth-order valence-electron chi connectivity index (χ4n) is 4.80. The van der Waals surface area contributed by atoms with Crippen LogP contribution in [0.2, 0.25) is 0 Å². The predicted molar refractivity (Wildman–Crippen MR) is 99.4 cm³/mol. The molecule has 0 heterocycles. The van der Waals surface area contributed by atoms with Gasteiger partial charge < -0.3 is 0 Å². The molecular formula is C23H28. The first-order valence-corrected chi connectivity index (χ1v) is 9.27. The summed E-state index contributed by atoms with van der Waals surface area (Å²) < 4.78 is 0. The van der Waals surface area contributed by atoms with Crippen LogP contribution in [-0.4, -0.2) is 0 Å². The Morgan fingerprint density at radius 3 is 2.65 bits per heavy atom. The Kier molecular flexibility index (Phi) is 3.59. The van der Waals surface area contributed by atoms with E-state index in [1.54, 1.807) is 16.7 Å². The van der Waals surface area contributed by atoms with Gasteiger partial charge in [0.2, 0.25) is 0 Å². The van der Waals surface area contributed by atoms with Gasteiger partial charge in [0.05, 0.1) is 0 Å². The van der Waals surface area contributed by atoms with Gasteiger partial charge >= 0.3 is 0 Å². The van der Waals surface area contributed by atoms with Crippen molar-refractivity contribution in [2.45, 2.75) is 65.2 Å². The van der Waals surface area contributed by atoms with Gasteiger partial charge in [0.15, 0.2) is 0 Å². The average molecular weight is 304 g/mol. The highest BCUT2D eigenvalue weighted by Gasteiger charge is 2.38. The summed E-state index contributed by atoms with van der Waals surface area (Å²) in [4.78, 5) is 0. The minimum atomic E-state index is 0.208. The highest BCUT2D eigenvalue weighted by atomic mass is 14.4. The fraction of sp³-hybridized carbons (Fsp3) is 0.478. The monoisotopic (exact) mass is 304 g/mol. The van der Waals surface area contributed by atoms with E-state index in [-0.39, 0.29) is 5.41 Å². The number of fused-ring (bicyclic) bond motifs is 1. The molecule has 4 rings (SSSR count). The molecule has 0 radical (unpaired) electrons. The number of rotatable bonds is 2. The van der Waals surface area contributed by atoms with Crippen LogP contribution in [-0.2, 0) is 0 Å². The molecule has 3 aliphatic rings. The molecule has 0 aromatic heterocycles. The van der Waals surface area contributed by atoms with E-state index in [1.807, 2.05) is 0 Å². The second-order valence-corrected chi connectivity index (χ2v) is 8.17. The number of benzene rings is 1. The summed E-state index contributed by atoms with van der Waals surface area (Å²) in [6, 6.07) is 8.99. The molecule has 23 heavy (non-hydrogen) atoms. The van der Waals surface area contributed by atoms with E-state index < -0.39 is 0 Å². The van der Waals surface area contributed by atoms with E-state index >= 15 is 0 Å². The standard InChI is InChI=1S/C23H28/c1-16-13-22(21-12-8-7-11-20(16)21)23(2,3)19-14-17-9-5-4-6-10-18(17)15-19/h7-8,11-14,22H,4-6,9-10,15H2,1-3H3. The van der Waals surface area contributed by atoms with Crippen molar-refractivity contribution < 1.29 is 0 Å². The first-order chi connectivity index (χ1) is 11.1. The fourth-order valence-corrected chi connectivity index (χ4v) is 4.80. The molecule has 0 N–H and O–H groups in total. The Balaban J connectivity index is 1.66. The lowest BCUT2D eigenvalue weighted by Gasteiger charge is -2.34. The van der Waals surface area contributed by atoms with Gasteiger partial charge in [0.25, 0.3) is 0 Å². The first-order valence-electron chi connectivity index (χ1n) is 9.27. The second-order valence-electron chi connectivity index (χ2n) is 8.17. The molecule has 3 aliphatic carbocycles. The first kappa shape index (κ1) is 15.0. The Morgan fingerprint density at radius 1 is 1.00 bits per heavy atom. The van der Waals surface area contributed by atoms with E-state index in [0.29, 0.717) is 5.92 Å². The highest BCUT2D eigenvalue weighted by molar-refractivity contribution is 5.74. The summed E-state index contributed by atoms with van der Waals surface area (Å²) in [6.45, 7) is 7.19. The minimum absolute atomic E-state index is 0.208. The van der Waals surface area contributed by atoms with Crippen LogP contribution in [0.5, 0.6) is 0 Å². The van der Waals surface area contributed by atoms with E-state index in [9.17, 15) is 0 Å². The summed E-state index contributed by atoms with van der Waals surface area (Å²) >= 11 is 0. The number of hydrogen-bond acceptors (Lipinski definition) is 0. The van der Waals surface area contributed by atoms with E-state index in [2.05, 4.69) is 57.2 Å². The zero-order valence-electron chi connectivity index (χ0n) is 14.8. The summed E-state index contributed by atoms with van der Waals surface area (Å²) in [5.74, 6) is 0.522. The topological polar surface area (TPSA) is 0 Å². The maximum atomic E-state index is 2.57. The van der Waals surface area contributed by atoms with Crippen LogP contribution in [0.4, 0.5) is 0 Å². The molecule has 0 aliphatic heterocycles. The van der Waals surface area contributed by atoms with Crippen molar-refractivity contribution in [1.29, 1.82) is 0 Å². The van der Waals surface area contributed by atoms with Crippen molar-refractivity contribution >= 4 is 5.57 Å². The molecule has 0 heteroatoms. The lowest BCUT2D eigenvalue weighted by Crippen LogP contribution is -2.22. The molecule has 1 unspecified atom stereocenters. The van der Waals surface area contributed by atoms with Crippen molar-refractivity contribution in [3.63, 3.8) is 0 Å². The molecule has 1 aromatic rings. The van der Waals surface area contributed by atoms with Gasteiger partial charge in [-0.25, -0.2) is 0 Å². The molecule has 0 bridgehead atoms. The minimum Gasteiger partial charge on any atom is -0.0726 e. The van der Waals surface area contributed by atoms with Crippen molar-refractivity contribution in [2.75, 3.05) is 0 Å². The van der Waals surface area contributed by atoms with Crippen molar-refractivity contribution in [3.8, 4) is 0 Å². The number of allylic oxidation sites excluding steroid dienone is 6. The van der Waals surface area contributed by atoms with Gasteiger partial charge in [-0.15, -0.1) is 0 Å². The molecule has 120 valence electrons. The van der Waals surface area contributed by atoms with Crippen molar-refractivity contribution in [3.05, 3.63) is 64.3 Å². The van der Waals surface area contributed by atoms with Crippen LogP contribution in [0.3, 0.4) is 0 Å². The normalized spacial score (nSPS) is 24.0. The van der Waals surface area contributed by atoms with E-state index in [4.69, 9.17) is 0 Å². The molecule has 0 spiro atoms. The van der Waals surface area contributed by atoms with Gasteiger partial charge in [-0.2, -0.15) is 0 Å². The third-order valence-electron chi connectivity index (χ3n) is 6.37. The van der Waals surface area contributed by atoms with E-state index in [1.165, 1.54) is 55.2 Å². The van der Waals surface area contributed by atoms with Crippen LogP contribution >= 0.6 is 0 Å². The van der Waals surface area contributed by atoms with Crippen LogP contribution in [0.15, 0.2) is 53.1 Å². The van der Waals surface area contributed by atoms with Crippen molar-refractivity contribution in [1.82, 2.24) is 0 Å². The van der Waals surface area contributed by atoms with Crippen LogP contribution in [0, 0.1) is 5.41 Å². The molecule has 0 nitrogen and oxygen atoms in total. The Hall–Kier alpha value is -1.56. The van der Waals surface area contributed by atoms with Gasteiger partial charge in [-0.1, -0.05) is 67.8 Å². The Labute approximate surface area is 141 Å². The third kappa shape index (κ3) is 2.43. The Morgan fingerprint density at radius 2 is 1.78 bits per heavy atom. The summed E-state index contributed by atoms with van der Waals surface area (Å²) in [6.07, 6.45) is 13.2. The molecular weight excluding hydrogens is 276 g/mol. The second kappa shape index (κ2) is 5.51. The average Bonchev–Trinajstić information content (AvgIpc) is 3.03. The van der Waals surface area contributed by atoms with Crippen LogP contribution in [0.25, 0.3) is 5.57 Å². The van der Waals surface area contributed by atoms with Gasteiger partial charge in [-0.05, 0) is 66.7 Å². The smallest absolute Gasteiger partial charge is 0.0119 e. The largest absolute Gasteiger partial charge is 0.0726 e. The quantitative estimate of drug-likeness (QED) is 0.563. The predicted octanol–water partition coefficient (Wildman–Crippen LogP) is 6.80. The van der Waals surface area contributed by atoms with Crippen LogP contribution < -0.4 is 0 Å². The summed E-state index contributed by atoms with van der Waals surface area (Å²) in [5.41, 5.74) is 9.73. The molecule has 1 atom stereocenters. The molecule has 0 saturated heterocycles. The summed E-state index contributed by atoms with van der Waals surface area (Å²) in [7, 11) is 0. The Bertz CT molecular complexity index is 724. The van der Waals surface area contributed by atoms with E-state index in [0.717, 1.165) is 0 Å². The van der Waals surface area contributed by atoms with Gasteiger partial charge in [0, 0.05) is 5.92 Å². The highest BCUT2D eigenvalue weighted by Crippen LogP contribution is 2.53. The zero-order valence-corrected chi connectivity index (χ0v) is 14.8. The van der Waals surface area contributed by atoms with Crippen LogP contribution in [0.1, 0.15) is 76.3 Å². The third-order valence-corrected chi connectivity index (χ3v) is 6.37. The molecule has 1 aromatic carbocycles. The van der Waals surface area contributed by atoms with Gasteiger partial charge in [-0.3, -0.25) is 0 Å². The molecule has 0 fully saturated rings. The molecule has 0 amide bonds. The summed E-state index contributed by atoms with van der Waals surface area (Å²) in [5, 5.41) is 0. The lowest BCUT2D eigenvalue weighted by molar-refractivity contribution is 0.393. The lowest BCUT2D eigenvalue weighted by atomic mass is 9.70. The SMILES string of the molecule is CC1=CC(C(C)(C)C2=CC3=C(CCCCC3)C2)c2ccccc21. The zero-order chi connectivity index (χ0) is 16.0. The maximum Gasteiger partial charge on any atom is 0.0119 e. The molecule has 0 saturated carbocycles. The number of hydrogen-bond donors (Lipinski definition) is 0. The van der Waals surface area contributed by atoms with Gasteiger partial charge in [0.1, 0.15) is 0 Å².